The van der Waals surface area contributed by atoms with E-state index in [1.165, 1.54) is 18.6 Å². The van der Waals surface area contributed by atoms with E-state index in [0.29, 0.717) is 5.65 Å². The molecule has 0 amide bonds. The molecule has 2 aromatic heterocycles. The maximum Gasteiger partial charge on any atom is 0.153 e. The molecule has 0 saturated heterocycles. The van der Waals surface area contributed by atoms with Crippen molar-refractivity contribution in [3.8, 4) is 0 Å². The van der Waals surface area contributed by atoms with Crippen LogP contribution in [0, 0.1) is 18.6 Å². The van der Waals surface area contributed by atoms with Gasteiger partial charge in [-0.2, -0.15) is 0 Å². The first-order chi connectivity index (χ1) is 9.15. The predicted octanol–water partition coefficient (Wildman–Crippen LogP) is 3.29. The first kappa shape index (κ1) is 11.6. The second-order valence-electron chi connectivity index (χ2n) is 4.19. The molecule has 96 valence electrons. The van der Waals surface area contributed by atoms with Gasteiger partial charge in [0, 0.05) is 6.20 Å². The van der Waals surface area contributed by atoms with Crippen molar-refractivity contribution in [3.05, 3.63) is 47.9 Å². The standard InChI is InChI=1S/C13H10F2N4/c1-7-2-3-10(8(14)4-7)19-13-11-9(15)5-16-12(11)17-6-18-13/h2-6H,1H3,(H2,16,17,18,19). The highest BCUT2D eigenvalue weighted by Crippen LogP contribution is 2.26. The number of aromatic amines is 1. The number of aromatic nitrogens is 3. The molecule has 2 N–H and O–H groups in total. The minimum atomic E-state index is -0.481. The van der Waals surface area contributed by atoms with E-state index in [2.05, 4.69) is 20.3 Å². The summed E-state index contributed by atoms with van der Waals surface area (Å²) in [5.74, 6) is -0.667. The molecule has 0 fully saturated rings. The lowest BCUT2D eigenvalue weighted by atomic mass is 10.2. The summed E-state index contributed by atoms with van der Waals surface area (Å²) in [6.45, 7) is 1.79. The quantitative estimate of drug-likeness (QED) is 0.743. The van der Waals surface area contributed by atoms with E-state index in [1.807, 2.05) is 0 Å². The maximum atomic E-state index is 13.8. The molecule has 3 rings (SSSR count). The van der Waals surface area contributed by atoms with Crippen molar-refractivity contribution in [3.63, 3.8) is 0 Å². The molecule has 0 aliphatic carbocycles. The average molecular weight is 260 g/mol. The summed E-state index contributed by atoms with van der Waals surface area (Å²) in [7, 11) is 0. The zero-order valence-electron chi connectivity index (χ0n) is 10.0. The third kappa shape index (κ3) is 2.01. The molecule has 1 aromatic carbocycles. The minimum Gasteiger partial charge on any atom is -0.343 e. The summed E-state index contributed by atoms with van der Waals surface area (Å²) in [4.78, 5) is 10.5. The highest BCUT2D eigenvalue weighted by molar-refractivity contribution is 5.89. The number of H-pyrrole nitrogens is 1. The van der Waals surface area contributed by atoms with Gasteiger partial charge in [0.25, 0.3) is 0 Å². The van der Waals surface area contributed by atoms with Crippen LogP contribution in [0.1, 0.15) is 5.56 Å². The zero-order chi connectivity index (χ0) is 13.4. The number of aryl methyl sites for hydroxylation is 1. The Morgan fingerprint density at radius 2 is 2.00 bits per heavy atom. The van der Waals surface area contributed by atoms with Gasteiger partial charge in [-0.25, -0.2) is 18.7 Å². The number of halogens is 2. The van der Waals surface area contributed by atoms with E-state index in [9.17, 15) is 8.78 Å². The second-order valence-corrected chi connectivity index (χ2v) is 4.19. The fourth-order valence-electron chi connectivity index (χ4n) is 1.87. The maximum absolute atomic E-state index is 13.8. The summed E-state index contributed by atoms with van der Waals surface area (Å²) < 4.78 is 27.4. The summed E-state index contributed by atoms with van der Waals surface area (Å²) in [6.07, 6.45) is 2.47. The lowest BCUT2D eigenvalue weighted by Gasteiger charge is -2.08. The molecular weight excluding hydrogens is 250 g/mol. The van der Waals surface area contributed by atoms with Gasteiger partial charge in [0.1, 0.15) is 23.6 Å². The minimum absolute atomic E-state index is 0.211. The number of hydrogen-bond donors (Lipinski definition) is 2. The van der Waals surface area contributed by atoms with E-state index >= 15 is 0 Å². The second kappa shape index (κ2) is 4.31. The van der Waals surface area contributed by atoms with Crippen LogP contribution in [0.4, 0.5) is 20.3 Å². The van der Waals surface area contributed by atoms with Crippen LogP contribution in [-0.4, -0.2) is 15.0 Å². The first-order valence-electron chi connectivity index (χ1n) is 5.66. The fourth-order valence-corrected chi connectivity index (χ4v) is 1.87. The van der Waals surface area contributed by atoms with Crippen LogP contribution in [0.25, 0.3) is 11.0 Å². The van der Waals surface area contributed by atoms with Crippen molar-refractivity contribution >= 4 is 22.5 Å². The Balaban J connectivity index is 2.08. The monoisotopic (exact) mass is 260 g/mol. The van der Waals surface area contributed by atoms with Gasteiger partial charge in [0.05, 0.1) is 11.1 Å². The van der Waals surface area contributed by atoms with Gasteiger partial charge in [0.15, 0.2) is 5.82 Å². The topological polar surface area (TPSA) is 53.6 Å². The van der Waals surface area contributed by atoms with E-state index in [4.69, 9.17) is 0 Å². The number of benzene rings is 1. The normalized spacial score (nSPS) is 10.9. The zero-order valence-corrected chi connectivity index (χ0v) is 10.0. The lowest BCUT2D eigenvalue weighted by Crippen LogP contribution is -1.98. The fraction of sp³-hybridized carbons (Fsp3) is 0.0769. The van der Waals surface area contributed by atoms with E-state index in [1.54, 1.807) is 19.1 Å². The molecule has 0 aliphatic rings. The van der Waals surface area contributed by atoms with Gasteiger partial charge in [-0.15, -0.1) is 0 Å². The Kier molecular flexibility index (Phi) is 2.63. The third-order valence-electron chi connectivity index (χ3n) is 2.80. The summed E-state index contributed by atoms with van der Waals surface area (Å²) in [5, 5.41) is 2.99. The molecule has 0 spiro atoms. The molecular formula is C13H10F2N4. The highest BCUT2D eigenvalue weighted by atomic mass is 19.1. The Hall–Kier alpha value is -2.50. The van der Waals surface area contributed by atoms with Crippen molar-refractivity contribution in [2.24, 2.45) is 0 Å². The van der Waals surface area contributed by atoms with Crippen molar-refractivity contribution in [1.82, 2.24) is 15.0 Å². The Morgan fingerprint density at radius 3 is 2.79 bits per heavy atom. The Bertz CT molecular complexity index is 751. The SMILES string of the molecule is Cc1ccc(Nc2ncnc3[nH]cc(F)c23)c(F)c1. The largest absolute Gasteiger partial charge is 0.343 e. The third-order valence-corrected chi connectivity index (χ3v) is 2.80. The molecule has 0 radical (unpaired) electrons. The van der Waals surface area contributed by atoms with Crippen molar-refractivity contribution in [2.45, 2.75) is 6.92 Å². The van der Waals surface area contributed by atoms with Crippen molar-refractivity contribution in [2.75, 3.05) is 5.32 Å². The molecule has 0 unspecified atom stereocenters. The van der Waals surface area contributed by atoms with Gasteiger partial charge in [-0.3, -0.25) is 0 Å². The van der Waals surface area contributed by atoms with E-state index < -0.39 is 11.6 Å². The Labute approximate surface area is 107 Å². The molecule has 2 heterocycles. The van der Waals surface area contributed by atoms with E-state index in [-0.39, 0.29) is 16.9 Å². The number of anilines is 2. The molecule has 19 heavy (non-hydrogen) atoms. The number of nitrogens with zero attached hydrogens (tertiary/aromatic N) is 2. The van der Waals surface area contributed by atoms with Gasteiger partial charge in [0.2, 0.25) is 0 Å². The number of rotatable bonds is 2. The van der Waals surface area contributed by atoms with Crippen LogP contribution in [0.2, 0.25) is 0 Å². The Morgan fingerprint density at radius 1 is 1.16 bits per heavy atom. The number of fused-ring (bicyclic) bond motifs is 1. The van der Waals surface area contributed by atoms with E-state index in [0.717, 1.165) is 5.56 Å². The van der Waals surface area contributed by atoms with Crippen LogP contribution in [-0.2, 0) is 0 Å². The van der Waals surface area contributed by atoms with Crippen molar-refractivity contribution < 1.29 is 8.78 Å². The van der Waals surface area contributed by atoms with Crippen LogP contribution >= 0.6 is 0 Å². The summed E-state index contributed by atoms with van der Waals surface area (Å²) in [6, 6.07) is 4.74. The summed E-state index contributed by atoms with van der Waals surface area (Å²) in [5.41, 5.74) is 1.41. The van der Waals surface area contributed by atoms with Crippen LogP contribution in [0.3, 0.4) is 0 Å². The number of hydrogen-bond acceptors (Lipinski definition) is 3. The molecule has 0 saturated carbocycles. The highest BCUT2D eigenvalue weighted by Gasteiger charge is 2.12. The average Bonchev–Trinajstić information content (AvgIpc) is 2.76. The van der Waals surface area contributed by atoms with Crippen LogP contribution < -0.4 is 5.32 Å². The first-order valence-corrected chi connectivity index (χ1v) is 5.66. The van der Waals surface area contributed by atoms with Gasteiger partial charge >= 0.3 is 0 Å². The predicted molar refractivity (Wildman–Crippen MR) is 68.3 cm³/mol. The van der Waals surface area contributed by atoms with Gasteiger partial charge in [-0.1, -0.05) is 6.07 Å². The molecule has 0 aliphatic heterocycles. The van der Waals surface area contributed by atoms with Crippen LogP contribution in [0.15, 0.2) is 30.7 Å². The summed E-state index contributed by atoms with van der Waals surface area (Å²) >= 11 is 0. The molecule has 3 aromatic rings. The number of nitrogens with one attached hydrogen (secondary N) is 2. The van der Waals surface area contributed by atoms with Gasteiger partial charge in [-0.05, 0) is 24.6 Å². The molecule has 0 atom stereocenters. The lowest BCUT2D eigenvalue weighted by molar-refractivity contribution is 0.630. The van der Waals surface area contributed by atoms with Crippen molar-refractivity contribution in [1.29, 1.82) is 0 Å². The van der Waals surface area contributed by atoms with Gasteiger partial charge < -0.3 is 10.3 Å². The molecule has 6 heteroatoms. The molecule has 0 bridgehead atoms. The molecule has 4 nitrogen and oxygen atoms in total. The van der Waals surface area contributed by atoms with Crippen LogP contribution in [0.5, 0.6) is 0 Å². The smallest absolute Gasteiger partial charge is 0.153 e.